The number of nitrogens with one attached hydrogen (secondary N) is 1. The lowest BCUT2D eigenvalue weighted by Gasteiger charge is -2.21. The summed E-state index contributed by atoms with van der Waals surface area (Å²) in [6, 6.07) is 0.497. The van der Waals surface area contributed by atoms with E-state index in [0.717, 1.165) is 12.5 Å². The molecule has 0 radical (unpaired) electrons. The molecule has 1 saturated carbocycles. The van der Waals surface area contributed by atoms with Crippen LogP contribution in [-0.2, 0) is 7.05 Å². The molecule has 1 heterocycles. The number of aromatic nitrogens is 2. The summed E-state index contributed by atoms with van der Waals surface area (Å²) in [6.45, 7) is 5.39. The molecule has 0 bridgehead atoms. The molecule has 0 saturated heterocycles. The van der Waals surface area contributed by atoms with Crippen LogP contribution in [0.4, 0.5) is 0 Å². The third-order valence-electron chi connectivity index (χ3n) is 4.14. The maximum absolute atomic E-state index is 4.37. The van der Waals surface area contributed by atoms with Gasteiger partial charge in [-0.05, 0) is 25.8 Å². The summed E-state index contributed by atoms with van der Waals surface area (Å²) in [4.78, 5) is 0. The number of hydrogen-bond donors (Lipinski definition) is 1. The Kier molecular flexibility index (Phi) is 4.21. The van der Waals surface area contributed by atoms with Gasteiger partial charge in [-0.1, -0.05) is 32.6 Å². The lowest BCUT2D eigenvalue weighted by Crippen LogP contribution is -2.23. The highest BCUT2D eigenvalue weighted by molar-refractivity contribution is 5.20. The Balaban J connectivity index is 2.07. The SMILES string of the molecule is CCNC(CC1CCCC1)c1cnn(C)c1C. The van der Waals surface area contributed by atoms with E-state index in [2.05, 4.69) is 24.3 Å². The van der Waals surface area contributed by atoms with E-state index in [0.29, 0.717) is 6.04 Å². The molecule has 0 aromatic carbocycles. The van der Waals surface area contributed by atoms with Crippen LogP contribution in [0.5, 0.6) is 0 Å². The molecule has 1 aliphatic carbocycles. The second-order valence-corrected chi connectivity index (χ2v) is 5.31. The fourth-order valence-electron chi connectivity index (χ4n) is 3.00. The number of hydrogen-bond acceptors (Lipinski definition) is 2. The van der Waals surface area contributed by atoms with Crippen molar-refractivity contribution in [2.24, 2.45) is 13.0 Å². The lowest BCUT2D eigenvalue weighted by molar-refractivity contribution is 0.399. The van der Waals surface area contributed by atoms with E-state index < -0.39 is 0 Å². The van der Waals surface area contributed by atoms with Gasteiger partial charge in [-0.2, -0.15) is 5.10 Å². The molecular formula is C14H25N3. The van der Waals surface area contributed by atoms with Gasteiger partial charge in [0.25, 0.3) is 0 Å². The average Bonchev–Trinajstić information content (AvgIpc) is 2.91. The molecule has 1 N–H and O–H groups in total. The fourth-order valence-corrected chi connectivity index (χ4v) is 3.00. The van der Waals surface area contributed by atoms with Crippen LogP contribution in [0.3, 0.4) is 0 Å². The van der Waals surface area contributed by atoms with E-state index >= 15 is 0 Å². The second-order valence-electron chi connectivity index (χ2n) is 5.31. The van der Waals surface area contributed by atoms with Crippen molar-refractivity contribution in [3.05, 3.63) is 17.5 Å². The van der Waals surface area contributed by atoms with Crippen LogP contribution in [0.15, 0.2) is 6.20 Å². The van der Waals surface area contributed by atoms with Crippen LogP contribution in [0.2, 0.25) is 0 Å². The Labute approximate surface area is 105 Å². The van der Waals surface area contributed by atoms with Crippen molar-refractivity contribution in [3.63, 3.8) is 0 Å². The molecule has 0 amide bonds. The monoisotopic (exact) mass is 235 g/mol. The van der Waals surface area contributed by atoms with Crippen LogP contribution in [0.25, 0.3) is 0 Å². The van der Waals surface area contributed by atoms with Crippen molar-refractivity contribution in [1.82, 2.24) is 15.1 Å². The van der Waals surface area contributed by atoms with Crippen molar-refractivity contribution < 1.29 is 0 Å². The Morgan fingerprint density at radius 1 is 1.47 bits per heavy atom. The number of rotatable bonds is 5. The standard InChI is InChI=1S/C14H25N3/c1-4-15-14(9-12-7-5-6-8-12)13-10-16-17(3)11(13)2/h10,12,14-15H,4-9H2,1-3H3. The minimum atomic E-state index is 0.497. The van der Waals surface area contributed by atoms with Gasteiger partial charge < -0.3 is 5.32 Å². The fraction of sp³-hybridized carbons (Fsp3) is 0.786. The molecule has 1 fully saturated rings. The quantitative estimate of drug-likeness (QED) is 0.850. The van der Waals surface area contributed by atoms with E-state index in [1.54, 1.807) is 0 Å². The van der Waals surface area contributed by atoms with E-state index in [9.17, 15) is 0 Å². The molecule has 1 aromatic heterocycles. The van der Waals surface area contributed by atoms with Crippen LogP contribution in [0.1, 0.15) is 56.3 Å². The van der Waals surface area contributed by atoms with Gasteiger partial charge in [0.2, 0.25) is 0 Å². The zero-order valence-electron chi connectivity index (χ0n) is 11.4. The first kappa shape index (κ1) is 12.6. The van der Waals surface area contributed by atoms with E-state index in [4.69, 9.17) is 0 Å². The summed E-state index contributed by atoms with van der Waals surface area (Å²) in [5, 5.41) is 8.00. The van der Waals surface area contributed by atoms with Gasteiger partial charge in [-0.25, -0.2) is 0 Å². The Morgan fingerprint density at radius 2 is 2.18 bits per heavy atom. The summed E-state index contributed by atoms with van der Waals surface area (Å²) in [5.74, 6) is 0.915. The molecule has 96 valence electrons. The third-order valence-corrected chi connectivity index (χ3v) is 4.14. The molecule has 3 heteroatoms. The van der Waals surface area contributed by atoms with Crippen LogP contribution in [0, 0.1) is 12.8 Å². The van der Waals surface area contributed by atoms with Crippen LogP contribution in [-0.4, -0.2) is 16.3 Å². The summed E-state index contributed by atoms with van der Waals surface area (Å²) in [5.41, 5.74) is 2.69. The first-order chi connectivity index (χ1) is 8.22. The highest BCUT2D eigenvalue weighted by Crippen LogP contribution is 2.33. The van der Waals surface area contributed by atoms with Gasteiger partial charge in [0, 0.05) is 24.3 Å². The van der Waals surface area contributed by atoms with Crippen molar-refractivity contribution in [1.29, 1.82) is 0 Å². The number of nitrogens with zero attached hydrogens (tertiary/aromatic N) is 2. The largest absolute Gasteiger partial charge is 0.310 e. The lowest BCUT2D eigenvalue weighted by atomic mass is 9.94. The maximum atomic E-state index is 4.37. The predicted molar refractivity (Wildman–Crippen MR) is 70.9 cm³/mol. The topological polar surface area (TPSA) is 29.9 Å². The summed E-state index contributed by atoms with van der Waals surface area (Å²) in [6.07, 6.45) is 9.01. The Morgan fingerprint density at radius 3 is 2.71 bits per heavy atom. The van der Waals surface area contributed by atoms with Gasteiger partial charge in [0.15, 0.2) is 0 Å². The molecule has 1 aliphatic rings. The summed E-state index contributed by atoms with van der Waals surface area (Å²) < 4.78 is 1.98. The van der Waals surface area contributed by atoms with Crippen molar-refractivity contribution in [2.45, 2.75) is 52.0 Å². The summed E-state index contributed by atoms with van der Waals surface area (Å²) in [7, 11) is 2.03. The zero-order valence-corrected chi connectivity index (χ0v) is 11.4. The molecular weight excluding hydrogens is 210 g/mol. The maximum Gasteiger partial charge on any atom is 0.0540 e. The van der Waals surface area contributed by atoms with Gasteiger partial charge in [0.05, 0.1) is 6.20 Å². The molecule has 0 aliphatic heterocycles. The molecule has 1 aromatic rings. The van der Waals surface area contributed by atoms with Gasteiger partial charge >= 0.3 is 0 Å². The molecule has 0 spiro atoms. The van der Waals surface area contributed by atoms with E-state index in [-0.39, 0.29) is 0 Å². The van der Waals surface area contributed by atoms with Crippen LogP contribution >= 0.6 is 0 Å². The zero-order chi connectivity index (χ0) is 12.3. The molecule has 1 atom stereocenters. The van der Waals surface area contributed by atoms with Gasteiger partial charge in [0.1, 0.15) is 0 Å². The second kappa shape index (κ2) is 5.67. The predicted octanol–water partition coefficient (Wildman–Crippen LogP) is 2.96. The minimum Gasteiger partial charge on any atom is -0.310 e. The minimum absolute atomic E-state index is 0.497. The van der Waals surface area contributed by atoms with Crippen molar-refractivity contribution >= 4 is 0 Å². The molecule has 1 unspecified atom stereocenters. The van der Waals surface area contributed by atoms with Gasteiger partial charge in [-0.15, -0.1) is 0 Å². The Hall–Kier alpha value is -0.830. The third kappa shape index (κ3) is 2.89. The molecule has 3 nitrogen and oxygen atoms in total. The highest BCUT2D eigenvalue weighted by atomic mass is 15.3. The average molecular weight is 235 g/mol. The Bertz CT molecular complexity index is 350. The van der Waals surface area contributed by atoms with Gasteiger partial charge in [-0.3, -0.25) is 4.68 Å². The number of aryl methyl sites for hydroxylation is 1. The molecule has 2 rings (SSSR count). The van der Waals surface area contributed by atoms with E-state index in [1.807, 2.05) is 17.9 Å². The highest BCUT2D eigenvalue weighted by Gasteiger charge is 2.22. The summed E-state index contributed by atoms with van der Waals surface area (Å²) >= 11 is 0. The smallest absolute Gasteiger partial charge is 0.0540 e. The van der Waals surface area contributed by atoms with Crippen molar-refractivity contribution in [2.75, 3.05) is 6.54 Å². The first-order valence-electron chi connectivity index (χ1n) is 6.94. The first-order valence-corrected chi connectivity index (χ1v) is 6.94. The molecule has 17 heavy (non-hydrogen) atoms. The van der Waals surface area contributed by atoms with Crippen molar-refractivity contribution in [3.8, 4) is 0 Å². The normalized spacial score (nSPS) is 18.8. The van der Waals surface area contributed by atoms with Crippen LogP contribution < -0.4 is 5.32 Å². The van der Waals surface area contributed by atoms with E-state index in [1.165, 1.54) is 43.4 Å².